The van der Waals surface area contributed by atoms with Crippen LogP contribution in [0.25, 0.3) is 10.9 Å². The predicted molar refractivity (Wildman–Crippen MR) is 80.5 cm³/mol. The molecule has 0 atom stereocenters. The van der Waals surface area contributed by atoms with E-state index in [9.17, 15) is 9.18 Å². The number of fused-ring (bicyclic) bond motifs is 1. The molecule has 0 saturated heterocycles. The molecule has 0 saturated carbocycles. The Hall–Kier alpha value is -2.62. The fourth-order valence-corrected chi connectivity index (χ4v) is 2.42. The van der Waals surface area contributed by atoms with Crippen molar-refractivity contribution in [3.8, 4) is 0 Å². The molecule has 4 heteroatoms. The molecule has 2 aromatic carbocycles. The first-order chi connectivity index (χ1) is 10.2. The highest BCUT2D eigenvalue weighted by molar-refractivity contribution is 6.05. The number of carbonyl (C=O) groups is 1. The lowest BCUT2D eigenvalue weighted by Crippen LogP contribution is -2.26. The van der Waals surface area contributed by atoms with Crippen molar-refractivity contribution in [1.82, 2.24) is 9.88 Å². The van der Waals surface area contributed by atoms with Crippen molar-refractivity contribution < 1.29 is 9.18 Å². The van der Waals surface area contributed by atoms with Gasteiger partial charge < -0.3 is 9.88 Å². The molecule has 1 N–H and O–H groups in total. The van der Waals surface area contributed by atoms with Crippen LogP contribution in [0.5, 0.6) is 0 Å². The van der Waals surface area contributed by atoms with E-state index in [1.54, 1.807) is 37.5 Å². The standard InChI is InChI=1S/C17H15FN2O/c1-20(11-13-5-2-3-8-15(13)18)17(21)14-7-4-6-12-9-10-19-16(12)14/h2-10,19H,11H2,1H3. The van der Waals surface area contributed by atoms with Crippen LogP contribution in [-0.4, -0.2) is 22.8 Å². The average Bonchev–Trinajstić information content (AvgIpc) is 2.97. The highest BCUT2D eigenvalue weighted by Gasteiger charge is 2.16. The maximum Gasteiger partial charge on any atom is 0.256 e. The number of amides is 1. The summed E-state index contributed by atoms with van der Waals surface area (Å²) in [6, 6.07) is 14.0. The van der Waals surface area contributed by atoms with E-state index < -0.39 is 0 Å². The second-order valence-electron chi connectivity index (χ2n) is 5.00. The minimum atomic E-state index is -0.296. The number of para-hydroxylation sites is 1. The molecule has 0 bridgehead atoms. The van der Waals surface area contributed by atoms with Crippen LogP contribution in [0.15, 0.2) is 54.7 Å². The van der Waals surface area contributed by atoms with E-state index in [2.05, 4.69) is 4.98 Å². The van der Waals surface area contributed by atoms with Crippen molar-refractivity contribution in [3.63, 3.8) is 0 Å². The van der Waals surface area contributed by atoms with Gasteiger partial charge in [-0.05, 0) is 18.2 Å². The number of nitrogens with one attached hydrogen (secondary N) is 1. The molecule has 1 aromatic heterocycles. The summed E-state index contributed by atoms with van der Waals surface area (Å²) in [5, 5.41) is 0.986. The molecule has 106 valence electrons. The van der Waals surface area contributed by atoms with Crippen molar-refractivity contribution in [1.29, 1.82) is 0 Å². The fourth-order valence-electron chi connectivity index (χ4n) is 2.42. The first-order valence-corrected chi connectivity index (χ1v) is 6.72. The van der Waals surface area contributed by atoms with Gasteiger partial charge >= 0.3 is 0 Å². The summed E-state index contributed by atoms with van der Waals surface area (Å²) in [7, 11) is 1.68. The Labute approximate surface area is 122 Å². The fraction of sp³-hybridized carbons (Fsp3) is 0.118. The Morgan fingerprint density at radius 3 is 2.76 bits per heavy atom. The number of halogens is 1. The zero-order valence-corrected chi connectivity index (χ0v) is 11.6. The predicted octanol–water partition coefficient (Wildman–Crippen LogP) is 3.58. The Morgan fingerprint density at radius 1 is 1.14 bits per heavy atom. The van der Waals surface area contributed by atoms with Gasteiger partial charge in [-0.15, -0.1) is 0 Å². The molecule has 0 fully saturated rings. The number of hydrogen-bond donors (Lipinski definition) is 1. The number of aromatic nitrogens is 1. The van der Waals surface area contributed by atoms with Gasteiger partial charge in [-0.3, -0.25) is 4.79 Å². The molecule has 0 unspecified atom stereocenters. The van der Waals surface area contributed by atoms with Crippen LogP contribution in [0.1, 0.15) is 15.9 Å². The molecule has 3 nitrogen and oxygen atoms in total. The van der Waals surface area contributed by atoms with Crippen molar-refractivity contribution in [3.05, 3.63) is 71.7 Å². The van der Waals surface area contributed by atoms with Gasteiger partial charge in [0, 0.05) is 30.7 Å². The van der Waals surface area contributed by atoms with Crippen molar-refractivity contribution in [2.24, 2.45) is 0 Å². The van der Waals surface area contributed by atoms with Gasteiger partial charge in [0.25, 0.3) is 5.91 Å². The number of rotatable bonds is 3. The molecule has 0 aliphatic rings. The molecule has 0 spiro atoms. The number of benzene rings is 2. The number of nitrogens with zero attached hydrogens (tertiary/aromatic N) is 1. The van der Waals surface area contributed by atoms with Crippen LogP contribution in [0, 0.1) is 5.82 Å². The monoisotopic (exact) mass is 282 g/mol. The molecule has 3 rings (SSSR count). The summed E-state index contributed by atoms with van der Waals surface area (Å²) in [4.78, 5) is 17.2. The van der Waals surface area contributed by atoms with Gasteiger partial charge in [0.05, 0.1) is 11.1 Å². The normalized spacial score (nSPS) is 10.8. The van der Waals surface area contributed by atoms with E-state index in [1.165, 1.54) is 11.0 Å². The lowest BCUT2D eigenvalue weighted by atomic mass is 10.1. The molecular weight excluding hydrogens is 267 g/mol. The van der Waals surface area contributed by atoms with Gasteiger partial charge in [-0.2, -0.15) is 0 Å². The quantitative estimate of drug-likeness (QED) is 0.783. The zero-order valence-electron chi connectivity index (χ0n) is 11.6. The second kappa shape index (κ2) is 5.40. The summed E-state index contributed by atoms with van der Waals surface area (Å²) >= 11 is 0. The summed E-state index contributed by atoms with van der Waals surface area (Å²) < 4.78 is 13.7. The van der Waals surface area contributed by atoms with Crippen LogP contribution >= 0.6 is 0 Å². The van der Waals surface area contributed by atoms with Gasteiger partial charge in [0.15, 0.2) is 0 Å². The largest absolute Gasteiger partial charge is 0.361 e. The minimum absolute atomic E-state index is 0.133. The third-order valence-electron chi connectivity index (χ3n) is 3.53. The third-order valence-corrected chi connectivity index (χ3v) is 3.53. The van der Waals surface area contributed by atoms with E-state index in [4.69, 9.17) is 0 Å². The van der Waals surface area contributed by atoms with Gasteiger partial charge in [0.2, 0.25) is 0 Å². The van der Waals surface area contributed by atoms with Gasteiger partial charge in [0.1, 0.15) is 5.82 Å². The highest BCUT2D eigenvalue weighted by atomic mass is 19.1. The summed E-state index contributed by atoms with van der Waals surface area (Å²) in [6.45, 7) is 0.239. The molecule has 3 aromatic rings. The number of hydrogen-bond acceptors (Lipinski definition) is 1. The zero-order chi connectivity index (χ0) is 14.8. The maximum absolute atomic E-state index is 13.7. The van der Waals surface area contributed by atoms with E-state index in [0.29, 0.717) is 11.1 Å². The highest BCUT2D eigenvalue weighted by Crippen LogP contribution is 2.19. The number of carbonyl (C=O) groups excluding carboxylic acids is 1. The lowest BCUT2D eigenvalue weighted by Gasteiger charge is -2.18. The Bertz CT molecular complexity index is 794. The average molecular weight is 282 g/mol. The third kappa shape index (κ3) is 2.52. The number of aromatic amines is 1. The van der Waals surface area contributed by atoms with Crippen molar-refractivity contribution in [2.75, 3.05) is 7.05 Å². The SMILES string of the molecule is CN(Cc1ccccc1F)C(=O)c1cccc2cc[nH]c12. The molecule has 21 heavy (non-hydrogen) atoms. The van der Waals surface area contributed by atoms with Crippen molar-refractivity contribution in [2.45, 2.75) is 6.54 Å². The van der Waals surface area contributed by atoms with Crippen molar-refractivity contribution >= 4 is 16.8 Å². The maximum atomic E-state index is 13.7. The minimum Gasteiger partial charge on any atom is -0.361 e. The Balaban J connectivity index is 1.88. The topological polar surface area (TPSA) is 36.1 Å². The van der Waals surface area contributed by atoms with E-state index in [0.717, 1.165) is 10.9 Å². The molecular formula is C17H15FN2O. The molecule has 0 aliphatic carbocycles. The van der Waals surface area contributed by atoms with Gasteiger partial charge in [-0.25, -0.2) is 4.39 Å². The van der Waals surface area contributed by atoms with E-state index >= 15 is 0 Å². The summed E-state index contributed by atoms with van der Waals surface area (Å²) in [5.74, 6) is -0.429. The van der Waals surface area contributed by atoms with Gasteiger partial charge in [-0.1, -0.05) is 30.3 Å². The van der Waals surface area contributed by atoms with Crippen LogP contribution in [0.4, 0.5) is 4.39 Å². The first kappa shape index (κ1) is 13.4. The van der Waals surface area contributed by atoms with Crippen LogP contribution in [0.3, 0.4) is 0 Å². The van der Waals surface area contributed by atoms with Crippen LogP contribution in [0.2, 0.25) is 0 Å². The van der Waals surface area contributed by atoms with E-state index in [-0.39, 0.29) is 18.3 Å². The van der Waals surface area contributed by atoms with Crippen LogP contribution in [-0.2, 0) is 6.54 Å². The molecule has 1 amide bonds. The molecule has 1 heterocycles. The molecule has 0 radical (unpaired) electrons. The summed E-state index contributed by atoms with van der Waals surface area (Å²) in [6.07, 6.45) is 1.80. The second-order valence-corrected chi connectivity index (χ2v) is 5.00. The summed E-state index contributed by atoms with van der Waals surface area (Å²) in [5.41, 5.74) is 1.91. The number of H-pyrrole nitrogens is 1. The Morgan fingerprint density at radius 2 is 1.95 bits per heavy atom. The first-order valence-electron chi connectivity index (χ1n) is 6.72. The van der Waals surface area contributed by atoms with E-state index in [1.807, 2.05) is 18.2 Å². The van der Waals surface area contributed by atoms with Crippen LogP contribution < -0.4 is 0 Å². The molecule has 0 aliphatic heterocycles. The smallest absolute Gasteiger partial charge is 0.256 e. The lowest BCUT2D eigenvalue weighted by molar-refractivity contribution is 0.0785. The Kier molecular flexibility index (Phi) is 3.44.